The molecule has 0 unspecified atom stereocenters. The highest BCUT2D eigenvalue weighted by atomic mass is 16.5. The summed E-state index contributed by atoms with van der Waals surface area (Å²) < 4.78 is 11.8. The zero-order valence-electron chi connectivity index (χ0n) is 13.7. The fraction of sp³-hybridized carbons (Fsp3) is 0.882. The molecule has 0 atom stereocenters. The molecule has 114 valence electrons. The number of allylic oxidation sites excluding steroid dienone is 1. The van der Waals surface area contributed by atoms with Gasteiger partial charge in [-0.2, -0.15) is 0 Å². The van der Waals surface area contributed by atoms with E-state index in [1.54, 1.807) is 0 Å². The summed E-state index contributed by atoms with van der Waals surface area (Å²) in [6, 6.07) is 0. The van der Waals surface area contributed by atoms with Crippen molar-refractivity contribution in [2.75, 3.05) is 26.4 Å². The molecular formula is C17H34O2. The number of hydrogen-bond acceptors (Lipinski definition) is 2. The van der Waals surface area contributed by atoms with Gasteiger partial charge in [0.2, 0.25) is 0 Å². The first-order valence-electron chi connectivity index (χ1n) is 7.72. The van der Waals surface area contributed by atoms with E-state index in [2.05, 4.69) is 41.2 Å². The second-order valence-electron chi connectivity index (χ2n) is 6.56. The topological polar surface area (TPSA) is 18.5 Å². The van der Waals surface area contributed by atoms with Gasteiger partial charge in [-0.15, -0.1) is 6.58 Å². The van der Waals surface area contributed by atoms with Crippen LogP contribution in [0.4, 0.5) is 0 Å². The summed E-state index contributed by atoms with van der Waals surface area (Å²) in [5, 5.41) is 0. The van der Waals surface area contributed by atoms with E-state index < -0.39 is 0 Å². The lowest BCUT2D eigenvalue weighted by Gasteiger charge is -2.33. The lowest BCUT2D eigenvalue weighted by atomic mass is 9.81. The van der Waals surface area contributed by atoms with Gasteiger partial charge in [0.05, 0.1) is 13.2 Å². The van der Waals surface area contributed by atoms with Crippen LogP contribution in [0.1, 0.15) is 53.9 Å². The Morgan fingerprint density at radius 3 is 1.79 bits per heavy atom. The summed E-state index contributed by atoms with van der Waals surface area (Å²) in [6.45, 7) is 18.1. The second-order valence-corrected chi connectivity index (χ2v) is 6.56. The quantitative estimate of drug-likeness (QED) is 0.479. The lowest BCUT2D eigenvalue weighted by molar-refractivity contribution is -0.0373. The third kappa shape index (κ3) is 9.23. The number of hydrogen-bond donors (Lipinski definition) is 0. The van der Waals surface area contributed by atoms with Crippen molar-refractivity contribution in [2.24, 2.45) is 17.3 Å². The van der Waals surface area contributed by atoms with Gasteiger partial charge in [0.15, 0.2) is 0 Å². The van der Waals surface area contributed by atoms with Crippen LogP contribution in [0, 0.1) is 17.3 Å². The van der Waals surface area contributed by atoms with Crippen molar-refractivity contribution in [1.29, 1.82) is 0 Å². The van der Waals surface area contributed by atoms with E-state index in [1.165, 1.54) is 0 Å². The van der Waals surface area contributed by atoms with Gasteiger partial charge in [0.1, 0.15) is 0 Å². The average Bonchev–Trinajstić information content (AvgIpc) is 2.28. The van der Waals surface area contributed by atoms with Gasteiger partial charge in [-0.1, -0.05) is 47.1 Å². The molecule has 0 rings (SSSR count). The highest BCUT2D eigenvalue weighted by molar-refractivity contribution is 4.86. The van der Waals surface area contributed by atoms with Gasteiger partial charge in [-0.05, 0) is 24.7 Å². The minimum Gasteiger partial charge on any atom is -0.381 e. The summed E-state index contributed by atoms with van der Waals surface area (Å²) in [6.07, 6.45) is 5.27. The Kier molecular flexibility index (Phi) is 10.3. The zero-order chi connectivity index (χ0) is 14.7. The minimum absolute atomic E-state index is 0.111. The maximum absolute atomic E-state index is 5.90. The summed E-state index contributed by atoms with van der Waals surface area (Å²) in [5.41, 5.74) is 0.111. The van der Waals surface area contributed by atoms with Crippen LogP contribution >= 0.6 is 0 Å². The minimum atomic E-state index is 0.111. The van der Waals surface area contributed by atoms with Gasteiger partial charge in [-0.25, -0.2) is 0 Å². The van der Waals surface area contributed by atoms with E-state index in [0.717, 1.165) is 45.7 Å². The molecule has 0 bridgehead atoms. The molecule has 0 fully saturated rings. The molecular weight excluding hydrogens is 236 g/mol. The first-order chi connectivity index (χ1) is 8.95. The Hall–Kier alpha value is -0.340. The van der Waals surface area contributed by atoms with Crippen molar-refractivity contribution >= 4 is 0 Å². The van der Waals surface area contributed by atoms with Crippen LogP contribution in [0.5, 0.6) is 0 Å². The molecule has 0 aromatic carbocycles. The van der Waals surface area contributed by atoms with E-state index in [4.69, 9.17) is 9.47 Å². The van der Waals surface area contributed by atoms with Gasteiger partial charge >= 0.3 is 0 Å². The van der Waals surface area contributed by atoms with Crippen LogP contribution in [0.2, 0.25) is 0 Å². The Balaban J connectivity index is 4.42. The van der Waals surface area contributed by atoms with Crippen LogP contribution in [0.3, 0.4) is 0 Å². The van der Waals surface area contributed by atoms with Crippen LogP contribution in [-0.4, -0.2) is 26.4 Å². The molecule has 0 aliphatic carbocycles. The molecule has 0 aromatic rings. The molecule has 2 nitrogen and oxygen atoms in total. The van der Waals surface area contributed by atoms with Gasteiger partial charge in [0, 0.05) is 18.6 Å². The molecule has 0 heterocycles. The van der Waals surface area contributed by atoms with Crippen molar-refractivity contribution in [2.45, 2.75) is 53.9 Å². The maximum atomic E-state index is 5.90. The van der Waals surface area contributed by atoms with Crippen molar-refractivity contribution in [3.05, 3.63) is 12.7 Å². The lowest BCUT2D eigenvalue weighted by Crippen LogP contribution is -2.33. The van der Waals surface area contributed by atoms with Crippen molar-refractivity contribution in [3.63, 3.8) is 0 Å². The third-order valence-electron chi connectivity index (χ3n) is 3.08. The van der Waals surface area contributed by atoms with Crippen LogP contribution in [-0.2, 0) is 9.47 Å². The number of rotatable bonds is 12. The van der Waals surface area contributed by atoms with E-state index in [9.17, 15) is 0 Å². The first kappa shape index (κ1) is 18.7. The van der Waals surface area contributed by atoms with Crippen LogP contribution in [0.15, 0.2) is 12.7 Å². The average molecular weight is 270 g/mol. The van der Waals surface area contributed by atoms with Gasteiger partial charge in [0.25, 0.3) is 0 Å². The molecule has 0 aliphatic heterocycles. The SMILES string of the molecule is C=CCC(CCC)(COCC(C)C)COCC(C)C. The molecule has 2 heteroatoms. The van der Waals surface area contributed by atoms with E-state index >= 15 is 0 Å². The predicted molar refractivity (Wildman–Crippen MR) is 83.5 cm³/mol. The molecule has 0 N–H and O–H groups in total. The largest absolute Gasteiger partial charge is 0.381 e. The standard InChI is InChI=1S/C17H34O2/c1-7-9-17(10-8-2,13-18-11-15(3)4)14-19-12-16(5)6/h7,15-16H,1,8-14H2,2-6H3. The summed E-state index contributed by atoms with van der Waals surface area (Å²) in [5.74, 6) is 1.17. The van der Waals surface area contributed by atoms with Crippen molar-refractivity contribution in [1.82, 2.24) is 0 Å². The Morgan fingerprint density at radius 1 is 1.00 bits per heavy atom. The molecule has 0 saturated heterocycles. The summed E-state index contributed by atoms with van der Waals surface area (Å²) >= 11 is 0. The molecule has 0 amide bonds. The zero-order valence-corrected chi connectivity index (χ0v) is 13.7. The Labute approximate surface area is 120 Å². The Bertz CT molecular complexity index is 207. The fourth-order valence-electron chi connectivity index (χ4n) is 2.26. The van der Waals surface area contributed by atoms with Crippen LogP contribution in [0.25, 0.3) is 0 Å². The van der Waals surface area contributed by atoms with E-state index in [1.807, 2.05) is 6.08 Å². The molecule has 0 radical (unpaired) electrons. The number of ether oxygens (including phenoxy) is 2. The first-order valence-corrected chi connectivity index (χ1v) is 7.72. The molecule has 19 heavy (non-hydrogen) atoms. The molecule has 0 saturated carbocycles. The maximum Gasteiger partial charge on any atom is 0.0547 e. The van der Waals surface area contributed by atoms with Gasteiger partial charge < -0.3 is 9.47 Å². The molecule has 0 aliphatic rings. The van der Waals surface area contributed by atoms with Crippen molar-refractivity contribution < 1.29 is 9.47 Å². The Morgan fingerprint density at radius 2 is 1.47 bits per heavy atom. The summed E-state index contributed by atoms with van der Waals surface area (Å²) in [4.78, 5) is 0. The highest BCUT2D eigenvalue weighted by Gasteiger charge is 2.29. The van der Waals surface area contributed by atoms with Crippen LogP contribution < -0.4 is 0 Å². The monoisotopic (exact) mass is 270 g/mol. The van der Waals surface area contributed by atoms with E-state index in [0.29, 0.717) is 11.8 Å². The van der Waals surface area contributed by atoms with Crippen molar-refractivity contribution in [3.8, 4) is 0 Å². The highest BCUT2D eigenvalue weighted by Crippen LogP contribution is 2.30. The predicted octanol–water partition coefficient (Wildman–Crippen LogP) is 4.69. The second kappa shape index (κ2) is 10.4. The fourth-order valence-corrected chi connectivity index (χ4v) is 2.26. The molecule has 0 aromatic heterocycles. The summed E-state index contributed by atoms with van der Waals surface area (Å²) in [7, 11) is 0. The third-order valence-corrected chi connectivity index (χ3v) is 3.08. The van der Waals surface area contributed by atoms with Gasteiger partial charge in [-0.3, -0.25) is 0 Å². The molecule has 0 spiro atoms. The normalized spacial score (nSPS) is 12.4. The van der Waals surface area contributed by atoms with E-state index in [-0.39, 0.29) is 5.41 Å². The smallest absolute Gasteiger partial charge is 0.0547 e.